The van der Waals surface area contributed by atoms with Gasteiger partial charge >= 0.3 is 0 Å². The highest BCUT2D eigenvalue weighted by molar-refractivity contribution is 5.21. The molecule has 3 nitrogen and oxygen atoms in total. The molecule has 2 rings (SSSR count). The van der Waals surface area contributed by atoms with E-state index >= 15 is 0 Å². The second kappa shape index (κ2) is 4.62. The van der Waals surface area contributed by atoms with Crippen LogP contribution >= 0.6 is 0 Å². The van der Waals surface area contributed by atoms with E-state index in [0.29, 0.717) is 6.04 Å². The van der Waals surface area contributed by atoms with Gasteiger partial charge in [-0.3, -0.25) is 0 Å². The van der Waals surface area contributed by atoms with Gasteiger partial charge in [-0.15, -0.1) is 0 Å². The van der Waals surface area contributed by atoms with Crippen LogP contribution in [0, 0.1) is 0 Å². The fourth-order valence-corrected chi connectivity index (χ4v) is 1.83. The molecular weight excluding hydrogens is 188 g/mol. The maximum Gasteiger partial charge on any atom is 0.213 e. The van der Waals surface area contributed by atoms with E-state index in [4.69, 9.17) is 10.5 Å². The zero-order valence-corrected chi connectivity index (χ0v) is 9.15. The summed E-state index contributed by atoms with van der Waals surface area (Å²) < 4.78 is 5.72. The molecule has 15 heavy (non-hydrogen) atoms. The van der Waals surface area contributed by atoms with Gasteiger partial charge in [0.2, 0.25) is 5.88 Å². The largest absolute Gasteiger partial charge is 0.474 e. The molecule has 0 spiro atoms. The number of pyridine rings is 1. The molecule has 1 fully saturated rings. The lowest BCUT2D eigenvalue weighted by Crippen LogP contribution is -2.43. The van der Waals surface area contributed by atoms with Crippen LogP contribution in [0.25, 0.3) is 0 Å². The number of nitrogens with two attached hydrogens (primary N) is 1. The van der Waals surface area contributed by atoms with Gasteiger partial charge in [0, 0.05) is 18.3 Å². The van der Waals surface area contributed by atoms with Crippen LogP contribution in [-0.2, 0) is 6.42 Å². The van der Waals surface area contributed by atoms with Crippen molar-refractivity contribution >= 4 is 0 Å². The Hall–Kier alpha value is -1.09. The second-order valence-electron chi connectivity index (χ2n) is 4.22. The summed E-state index contributed by atoms with van der Waals surface area (Å²) in [5, 5.41) is 0. The first-order valence-corrected chi connectivity index (χ1v) is 5.65. The summed E-state index contributed by atoms with van der Waals surface area (Å²) >= 11 is 0. The van der Waals surface area contributed by atoms with Crippen molar-refractivity contribution in [3.8, 4) is 5.88 Å². The molecule has 3 heteroatoms. The average Bonchev–Trinajstić information content (AvgIpc) is 2.17. The lowest BCUT2D eigenvalue weighted by atomic mass is 9.90. The van der Waals surface area contributed by atoms with E-state index in [1.807, 2.05) is 18.3 Å². The summed E-state index contributed by atoms with van der Waals surface area (Å²) in [4.78, 5) is 4.21. The standard InChI is InChI=1S/C12H18N2O/c1-2-3-9-4-5-14-12(6-9)15-11-7-10(13)8-11/h4-6,10-11H,2-3,7-8,13H2,1H3. The number of hydrogen-bond donors (Lipinski definition) is 1. The minimum atomic E-state index is 0.282. The molecule has 2 N–H and O–H groups in total. The smallest absolute Gasteiger partial charge is 0.213 e. The maximum atomic E-state index is 5.72. The maximum absolute atomic E-state index is 5.72. The molecule has 0 radical (unpaired) electrons. The van der Waals surface area contributed by atoms with Gasteiger partial charge in [0.15, 0.2) is 0 Å². The zero-order chi connectivity index (χ0) is 10.7. The number of ether oxygens (including phenoxy) is 1. The van der Waals surface area contributed by atoms with E-state index in [1.54, 1.807) is 0 Å². The molecule has 1 aromatic rings. The lowest BCUT2D eigenvalue weighted by molar-refractivity contribution is 0.0957. The van der Waals surface area contributed by atoms with Gasteiger partial charge in [-0.05, 0) is 30.9 Å². The van der Waals surface area contributed by atoms with E-state index in [9.17, 15) is 0 Å². The Morgan fingerprint density at radius 1 is 1.53 bits per heavy atom. The third-order valence-electron chi connectivity index (χ3n) is 2.76. The van der Waals surface area contributed by atoms with Crippen LogP contribution in [0.2, 0.25) is 0 Å². The Balaban J connectivity index is 1.93. The normalized spacial score (nSPS) is 24.7. The molecular formula is C12H18N2O. The van der Waals surface area contributed by atoms with Crippen molar-refractivity contribution in [1.82, 2.24) is 4.98 Å². The van der Waals surface area contributed by atoms with Crippen LogP contribution in [0.3, 0.4) is 0 Å². The topological polar surface area (TPSA) is 48.1 Å². The molecule has 1 aromatic heterocycles. The van der Waals surface area contributed by atoms with Crippen molar-refractivity contribution in [2.75, 3.05) is 0 Å². The molecule has 0 unspecified atom stereocenters. The van der Waals surface area contributed by atoms with Crippen molar-refractivity contribution in [2.45, 2.75) is 44.8 Å². The molecule has 1 heterocycles. The van der Waals surface area contributed by atoms with Crippen molar-refractivity contribution < 1.29 is 4.74 Å². The molecule has 1 saturated carbocycles. The van der Waals surface area contributed by atoms with E-state index < -0.39 is 0 Å². The molecule has 0 amide bonds. The van der Waals surface area contributed by atoms with Crippen LogP contribution in [-0.4, -0.2) is 17.1 Å². The first-order valence-electron chi connectivity index (χ1n) is 5.65. The highest BCUT2D eigenvalue weighted by Crippen LogP contribution is 2.23. The Morgan fingerprint density at radius 2 is 2.33 bits per heavy atom. The first kappa shape index (κ1) is 10.4. The highest BCUT2D eigenvalue weighted by atomic mass is 16.5. The van der Waals surface area contributed by atoms with Gasteiger partial charge in [0.1, 0.15) is 6.10 Å². The summed E-state index contributed by atoms with van der Waals surface area (Å²) in [6.07, 6.45) is 6.25. The van der Waals surface area contributed by atoms with Crippen LogP contribution in [0.4, 0.5) is 0 Å². The summed E-state index contributed by atoms with van der Waals surface area (Å²) in [7, 11) is 0. The fraction of sp³-hybridized carbons (Fsp3) is 0.583. The van der Waals surface area contributed by atoms with Crippen LogP contribution in [0.5, 0.6) is 5.88 Å². The predicted octanol–water partition coefficient (Wildman–Crippen LogP) is 1.90. The van der Waals surface area contributed by atoms with Gasteiger partial charge in [-0.1, -0.05) is 13.3 Å². The monoisotopic (exact) mass is 206 g/mol. The molecule has 1 aliphatic rings. The van der Waals surface area contributed by atoms with Crippen molar-refractivity contribution in [3.05, 3.63) is 23.9 Å². The van der Waals surface area contributed by atoms with Crippen molar-refractivity contribution in [2.24, 2.45) is 5.73 Å². The summed E-state index contributed by atoms with van der Waals surface area (Å²) in [5.74, 6) is 0.748. The van der Waals surface area contributed by atoms with E-state index in [1.165, 1.54) is 5.56 Å². The molecule has 0 aliphatic heterocycles. The summed E-state index contributed by atoms with van der Waals surface area (Å²) in [6.45, 7) is 2.17. The Bertz CT molecular complexity index is 321. The number of aromatic nitrogens is 1. The Kier molecular flexibility index (Phi) is 3.21. The SMILES string of the molecule is CCCc1ccnc(OC2CC(N)C2)c1. The number of aryl methyl sites for hydroxylation is 1. The Morgan fingerprint density at radius 3 is 3.00 bits per heavy atom. The van der Waals surface area contributed by atoms with Crippen LogP contribution in [0.15, 0.2) is 18.3 Å². The average molecular weight is 206 g/mol. The van der Waals surface area contributed by atoms with Crippen molar-refractivity contribution in [3.63, 3.8) is 0 Å². The van der Waals surface area contributed by atoms with E-state index in [-0.39, 0.29) is 6.10 Å². The van der Waals surface area contributed by atoms with Gasteiger partial charge in [0.05, 0.1) is 0 Å². The first-order chi connectivity index (χ1) is 7.28. The fourth-order valence-electron chi connectivity index (χ4n) is 1.83. The number of nitrogens with zero attached hydrogens (tertiary/aromatic N) is 1. The van der Waals surface area contributed by atoms with Crippen LogP contribution in [0.1, 0.15) is 31.7 Å². The third-order valence-corrected chi connectivity index (χ3v) is 2.76. The molecule has 0 saturated heterocycles. The molecule has 82 valence electrons. The Labute approximate surface area is 90.7 Å². The number of rotatable bonds is 4. The molecule has 0 atom stereocenters. The number of hydrogen-bond acceptors (Lipinski definition) is 3. The minimum Gasteiger partial charge on any atom is -0.474 e. The third kappa shape index (κ3) is 2.69. The van der Waals surface area contributed by atoms with Gasteiger partial charge in [-0.25, -0.2) is 4.98 Å². The van der Waals surface area contributed by atoms with Crippen LogP contribution < -0.4 is 10.5 Å². The predicted molar refractivity (Wildman–Crippen MR) is 59.9 cm³/mol. The minimum absolute atomic E-state index is 0.282. The lowest BCUT2D eigenvalue weighted by Gasteiger charge is -2.32. The summed E-state index contributed by atoms with van der Waals surface area (Å²) in [6, 6.07) is 4.41. The molecule has 0 bridgehead atoms. The summed E-state index contributed by atoms with van der Waals surface area (Å²) in [5.41, 5.74) is 7.00. The molecule has 0 aromatic carbocycles. The zero-order valence-electron chi connectivity index (χ0n) is 9.15. The molecule has 1 aliphatic carbocycles. The van der Waals surface area contributed by atoms with E-state index in [2.05, 4.69) is 11.9 Å². The van der Waals surface area contributed by atoms with Crippen molar-refractivity contribution in [1.29, 1.82) is 0 Å². The van der Waals surface area contributed by atoms with E-state index in [0.717, 1.165) is 31.6 Å². The van der Waals surface area contributed by atoms with Gasteiger partial charge < -0.3 is 10.5 Å². The van der Waals surface area contributed by atoms with Gasteiger partial charge in [-0.2, -0.15) is 0 Å². The van der Waals surface area contributed by atoms with Gasteiger partial charge in [0.25, 0.3) is 0 Å². The second-order valence-corrected chi connectivity index (χ2v) is 4.22. The highest BCUT2D eigenvalue weighted by Gasteiger charge is 2.27. The quantitative estimate of drug-likeness (QED) is 0.818.